The fourth-order valence-corrected chi connectivity index (χ4v) is 7.02. The van der Waals surface area contributed by atoms with Gasteiger partial charge in [0, 0.05) is 43.3 Å². The predicted molar refractivity (Wildman–Crippen MR) is 223 cm³/mol. The summed E-state index contributed by atoms with van der Waals surface area (Å²) in [5.41, 5.74) is 13.9. The van der Waals surface area contributed by atoms with Gasteiger partial charge in [0.25, 0.3) is 0 Å². The van der Waals surface area contributed by atoms with E-state index in [0.29, 0.717) is 5.41 Å². The second-order valence-corrected chi connectivity index (χ2v) is 16.7. The molecule has 0 fully saturated rings. The molecule has 0 aliphatic heterocycles. The van der Waals surface area contributed by atoms with Crippen molar-refractivity contribution in [3.8, 4) is 33.6 Å². The maximum Gasteiger partial charge on any atom is 0.136 e. The minimum Gasteiger partial charge on any atom is -0.456 e. The van der Waals surface area contributed by atoms with Crippen LogP contribution < -0.4 is 0 Å². The zero-order valence-electron chi connectivity index (χ0n) is 32.6. The van der Waals surface area contributed by atoms with Gasteiger partial charge in [0.15, 0.2) is 0 Å². The maximum atomic E-state index is 6.11. The number of para-hydroxylation sites is 1. The first-order valence-corrected chi connectivity index (χ1v) is 18.6. The average molecular weight is 885 g/mol. The van der Waals surface area contributed by atoms with Crippen LogP contribution in [0.3, 0.4) is 0 Å². The molecule has 5 aromatic carbocycles. The predicted octanol–water partition coefficient (Wildman–Crippen LogP) is 13.6. The van der Waals surface area contributed by atoms with Gasteiger partial charge in [0.1, 0.15) is 11.2 Å². The van der Waals surface area contributed by atoms with Gasteiger partial charge in [-0.15, -0.1) is 65.2 Å². The number of nitrogens with zero attached hydrogens (tertiary/aromatic N) is 2. The smallest absolute Gasteiger partial charge is 0.136 e. The molecule has 0 bridgehead atoms. The third kappa shape index (κ3) is 8.90. The summed E-state index contributed by atoms with van der Waals surface area (Å²) in [4.78, 5) is 9.24. The van der Waals surface area contributed by atoms with E-state index in [0.717, 1.165) is 57.5 Å². The van der Waals surface area contributed by atoms with E-state index in [1.807, 2.05) is 30.6 Å². The standard InChI is InChI=1S/C33H28NO.C17H20N.Ir/c1-21-20-34-29(18-24(21)19-33(2,3)4)23-14-12-22(13-15-23)25-9-7-10-27-26(25)16-17-31-32(27)28-8-5-6-11-30(28)35-31;1-13-5-8-15(9-6-13)16-10-7-14(12-18-16)11-17(2,3)4;/h5-14,16-18,20H,19H2,1-4H3;5-8,10,12H,11H2,1-4H3;/q2*-1;. The van der Waals surface area contributed by atoms with Gasteiger partial charge in [-0.3, -0.25) is 0 Å². The Morgan fingerprint density at radius 2 is 1.30 bits per heavy atom. The number of furan rings is 1. The van der Waals surface area contributed by atoms with Crippen LogP contribution in [0.5, 0.6) is 0 Å². The number of benzene rings is 5. The van der Waals surface area contributed by atoms with Gasteiger partial charge in [-0.2, -0.15) is 0 Å². The quantitative estimate of drug-likeness (QED) is 0.162. The molecule has 0 amide bonds. The van der Waals surface area contributed by atoms with Crippen LogP contribution >= 0.6 is 0 Å². The van der Waals surface area contributed by atoms with E-state index in [4.69, 9.17) is 9.40 Å². The third-order valence-electron chi connectivity index (χ3n) is 9.54. The zero-order chi connectivity index (χ0) is 37.3. The number of hydrogen-bond donors (Lipinski definition) is 0. The van der Waals surface area contributed by atoms with Crippen LogP contribution in [-0.4, -0.2) is 9.97 Å². The first-order chi connectivity index (χ1) is 25.3. The summed E-state index contributed by atoms with van der Waals surface area (Å²) in [7, 11) is 0. The molecule has 54 heavy (non-hydrogen) atoms. The van der Waals surface area contributed by atoms with E-state index in [9.17, 15) is 0 Å². The molecule has 8 rings (SSSR count). The first-order valence-electron chi connectivity index (χ1n) is 18.6. The van der Waals surface area contributed by atoms with Crippen molar-refractivity contribution in [3.63, 3.8) is 0 Å². The minimum atomic E-state index is 0. The summed E-state index contributed by atoms with van der Waals surface area (Å²) < 4.78 is 6.11. The molecule has 0 spiro atoms. The van der Waals surface area contributed by atoms with E-state index in [-0.39, 0.29) is 25.5 Å². The average Bonchev–Trinajstić information content (AvgIpc) is 3.52. The molecule has 0 saturated heterocycles. The number of hydrogen-bond acceptors (Lipinski definition) is 3. The summed E-state index contributed by atoms with van der Waals surface area (Å²) >= 11 is 0. The molecule has 1 radical (unpaired) electrons. The van der Waals surface area contributed by atoms with Crippen molar-refractivity contribution in [1.29, 1.82) is 0 Å². The maximum absolute atomic E-state index is 6.11. The number of pyridine rings is 2. The van der Waals surface area contributed by atoms with Crippen LogP contribution in [0.4, 0.5) is 0 Å². The molecule has 0 N–H and O–H groups in total. The van der Waals surface area contributed by atoms with Crippen molar-refractivity contribution in [3.05, 3.63) is 156 Å². The van der Waals surface area contributed by atoms with Crippen LogP contribution in [-0.2, 0) is 32.9 Å². The van der Waals surface area contributed by atoms with Crippen LogP contribution in [0.1, 0.15) is 63.8 Å². The zero-order valence-corrected chi connectivity index (χ0v) is 35.0. The Bertz CT molecular complexity index is 2510. The number of aryl methyl sites for hydroxylation is 2. The Morgan fingerprint density at radius 1 is 0.593 bits per heavy atom. The molecular formula is C50H48IrN2O-2. The SMILES string of the molecule is Cc1c[c-]c(-c2ccc(CC(C)(C)C)cn2)cc1.Cc1cnc(-c2[c-]cc(-c3cccc4c3ccc3oc5ccccc5c34)cc2)cc1CC(C)(C)C.[Ir]. The van der Waals surface area contributed by atoms with Crippen molar-refractivity contribution in [2.75, 3.05) is 0 Å². The molecule has 4 heteroatoms. The topological polar surface area (TPSA) is 38.9 Å². The van der Waals surface area contributed by atoms with Crippen molar-refractivity contribution < 1.29 is 24.5 Å². The second kappa shape index (κ2) is 15.8. The van der Waals surface area contributed by atoms with Crippen LogP contribution in [0, 0.1) is 36.8 Å². The summed E-state index contributed by atoms with van der Waals surface area (Å²) in [6.07, 6.45) is 6.05. The largest absolute Gasteiger partial charge is 0.456 e. The molecule has 0 aliphatic carbocycles. The molecule has 0 atom stereocenters. The Kier molecular flexibility index (Phi) is 11.4. The molecule has 3 heterocycles. The van der Waals surface area contributed by atoms with Crippen LogP contribution in [0.2, 0.25) is 0 Å². The summed E-state index contributed by atoms with van der Waals surface area (Å²) in [5, 5.41) is 4.76. The fraction of sp³-hybridized carbons (Fsp3) is 0.240. The molecule has 0 aliphatic rings. The minimum absolute atomic E-state index is 0. The number of fused-ring (bicyclic) bond motifs is 5. The van der Waals surface area contributed by atoms with E-state index >= 15 is 0 Å². The van der Waals surface area contributed by atoms with Crippen molar-refractivity contribution in [1.82, 2.24) is 9.97 Å². The first kappa shape index (κ1) is 38.8. The van der Waals surface area contributed by atoms with Crippen LogP contribution in [0.25, 0.3) is 66.4 Å². The molecule has 8 aromatic rings. The van der Waals surface area contributed by atoms with Crippen molar-refractivity contribution >= 4 is 32.7 Å². The van der Waals surface area contributed by atoms with Gasteiger partial charge in [0.2, 0.25) is 0 Å². The Balaban J connectivity index is 0.000000222. The monoisotopic (exact) mass is 885 g/mol. The molecular weight excluding hydrogens is 837 g/mol. The number of aromatic nitrogens is 2. The normalized spacial score (nSPS) is 11.7. The Morgan fingerprint density at radius 3 is 1.98 bits per heavy atom. The van der Waals surface area contributed by atoms with Gasteiger partial charge >= 0.3 is 0 Å². The Labute approximate surface area is 334 Å². The van der Waals surface area contributed by atoms with Crippen LogP contribution in [0.15, 0.2) is 126 Å². The second-order valence-electron chi connectivity index (χ2n) is 16.7. The molecule has 0 unspecified atom stereocenters. The molecule has 0 saturated carbocycles. The van der Waals surface area contributed by atoms with E-state index in [1.54, 1.807) is 0 Å². The van der Waals surface area contributed by atoms with E-state index < -0.39 is 0 Å². The van der Waals surface area contributed by atoms with Gasteiger partial charge in [0.05, 0.1) is 0 Å². The van der Waals surface area contributed by atoms with Crippen molar-refractivity contribution in [2.24, 2.45) is 10.8 Å². The van der Waals surface area contributed by atoms with Gasteiger partial charge < -0.3 is 14.4 Å². The van der Waals surface area contributed by atoms with Gasteiger partial charge in [-0.1, -0.05) is 126 Å². The third-order valence-corrected chi connectivity index (χ3v) is 9.54. The van der Waals surface area contributed by atoms with Gasteiger partial charge in [-0.05, 0) is 76.0 Å². The van der Waals surface area contributed by atoms with E-state index in [2.05, 4.69) is 164 Å². The molecule has 275 valence electrons. The van der Waals surface area contributed by atoms with Gasteiger partial charge in [-0.25, -0.2) is 0 Å². The molecule has 3 aromatic heterocycles. The summed E-state index contributed by atoms with van der Waals surface area (Å²) in [6, 6.07) is 44.8. The summed E-state index contributed by atoms with van der Waals surface area (Å²) in [5.74, 6) is 0. The molecule has 3 nitrogen and oxygen atoms in total. The summed E-state index contributed by atoms with van der Waals surface area (Å²) in [6.45, 7) is 17.8. The fourth-order valence-electron chi connectivity index (χ4n) is 7.02. The van der Waals surface area contributed by atoms with Crippen molar-refractivity contribution in [2.45, 2.75) is 68.2 Å². The van der Waals surface area contributed by atoms with E-state index in [1.165, 1.54) is 44.0 Å². The Hall–Kier alpha value is -4.89. The number of rotatable bonds is 5.